The minimum atomic E-state index is -0.0944. The van der Waals surface area contributed by atoms with Crippen molar-refractivity contribution in [3.63, 3.8) is 0 Å². The van der Waals surface area contributed by atoms with Crippen LogP contribution in [-0.2, 0) is 11.2 Å². The normalized spacial score (nSPS) is 20.5. The van der Waals surface area contributed by atoms with Crippen molar-refractivity contribution in [1.82, 2.24) is 10.2 Å². The Labute approximate surface area is 179 Å². The summed E-state index contributed by atoms with van der Waals surface area (Å²) < 4.78 is 12.1. The molecule has 5 heteroatoms. The first-order chi connectivity index (χ1) is 14.5. The molecule has 2 heterocycles. The second-order valence-electron chi connectivity index (χ2n) is 8.59. The van der Waals surface area contributed by atoms with Crippen molar-refractivity contribution >= 4 is 5.69 Å². The summed E-state index contributed by atoms with van der Waals surface area (Å²) in [5.41, 5.74) is 3.69. The minimum absolute atomic E-state index is 0.0297. The third-order valence-electron chi connectivity index (χ3n) is 5.78. The fourth-order valence-corrected chi connectivity index (χ4v) is 4.16. The van der Waals surface area contributed by atoms with Gasteiger partial charge in [0.1, 0.15) is 6.04 Å². The molecule has 0 bridgehead atoms. The summed E-state index contributed by atoms with van der Waals surface area (Å²) in [5, 5.41) is 8.83. The molecule has 1 saturated heterocycles. The zero-order valence-electron chi connectivity index (χ0n) is 18.3. The summed E-state index contributed by atoms with van der Waals surface area (Å²) in [6.07, 6.45) is 1.06. The summed E-state index contributed by atoms with van der Waals surface area (Å²) in [7, 11) is 0. The third kappa shape index (κ3) is 4.41. The number of benzene rings is 2. The topological polar surface area (TPSA) is 51.4 Å². The number of aromatic nitrogens is 2. The predicted octanol–water partition coefficient (Wildman–Crippen LogP) is 5.39. The zero-order valence-corrected chi connectivity index (χ0v) is 18.3. The van der Waals surface area contributed by atoms with Crippen molar-refractivity contribution in [2.45, 2.75) is 52.2 Å². The lowest BCUT2D eigenvalue weighted by molar-refractivity contribution is 0.0159. The van der Waals surface area contributed by atoms with Crippen LogP contribution in [0.4, 0.5) is 5.69 Å². The smallest absolute Gasteiger partial charge is 0.241 e. The van der Waals surface area contributed by atoms with E-state index in [4.69, 9.17) is 9.15 Å². The molecule has 3 unspecified atom stereocenters. The average Bonchev–Trinajstić information content (AvgIpc) is 3.23. The summed E-state index contributed by atoms with van der Waals surface area (Å²) >= 11 is 0. The summed E-state index contributed by atoms with van der Waals surface area (Å²) in [6.45, 7) is 10.2. The minimum Gasteiger partial charge on any atom is -0.422 e. The van der Waals surface area contributed by atoms with Gasteiger partial charge in [-0.1, -0.05) is 56.3 Å². The Hall–Kier alpha value is -2.66. The maximum atomic E-state index is 6.21. The van der Waals surface area contributed by atoms with Gasteiger partial charge in [-0.25, -0.2) is 0 Å². The largest absolute Gasteiger partial charge is 0.422 e. The number of nitrogens with zero attached hydrogens (tertiary/aromatic N) is 3. The molecule has 158 valence electrons. The molecule has 30 heavy (non-hydrogen) atoms. The van der Waals surface area contributed by atoms with Gasteiger partial charge >= 0.3 is 0 Å². The summed E-state index contributed by atoms with van der Waals surface area (Å²) in [5.74, 6) is 1.96. The highest BCUT2D eigenvalue weighted by Crippen LogP contribution is 2.34. The molecule has 4 rings (SSSR count). The van der Waals surface area contributed by atoms with Gasteiger partial charge < -0.3 is 14.1 Å². The number of hydrogen-bond donors (Lipinski definition) is 0. The molecule has 1 aliphatic heterocycles. The van der Waals surface area contributed by atoms with Crippen LogP contribution in [0.2, 0.25) is 0 Å². The number of rotatable bonds is 6. The van der Waals surface area contributed by atoms with E-state index in [1.165, 1.54) is 11.1 Å². The maximum absolute atomic E-state index is 6.21. The van der Waals surface area contributed by atoms with Crippen molar-refractivity contribution in [3.05, 3.63) is 77.5 Å². The van der Waals surface area contributed by atoms with Crippen molar-refractivity contribution in [3.8, 4) is 0 Å². The molecule has 0 saturated carbocycles. The van der Waals surface area contributed by atoms with E-state index >= 15 is 0 Å². The zero-order chi connectivity index (χ0) is 21.1. The number of anilines is 1. The van der Waals surface area contributed by atoms with Crippen LogP contribution in [0.15, 0.2) is 59.0 Å². The summed E-state index contributed by atoms with van der Waals surface area (Å²) in [4.78, 5) is 2.30. The van der Waals surface area contributed by atoms with Crippen LogP contribution in [0.3, 0.4) is 0 Å². The molecule has 1 aromatic heterocycles. The van der Waals surface area contributed by atoms with Gasteiger partial charge in [0, 0.05) is 12.2 Å². The first-order valence-corrected chi connectivity index (χ1v) is 10.9. The number of ether oxygens (including phenoxy) is 1. The van der Waals surface area contributed by atoms with E-state index in [-0.39, 0.29) is 18.1 Å². The van der Waals surface area contributed by atoms with Gasteiger partial charge in [0.25, 0.3) is 0 Å². The van der Waals surface area contributed by atoms with E-state index in [2.05, 4.69) is 91.3 Å². The van der Waals surface area contributed by atoms with E-state index in [0.29, 0.717) is 24.3 Å². The van der Waals surface area contributed by atoms with Crippen LogP contribution in [0.5, 0.6) is 0 Å². The van der Waals surface area contributed by atoms with Gasteiger partial charge in [-0.05, 0) is 49.4 Å². The second kappa shape index (κ2) is 9.00. The highest BCUT2D eigenvalue weighted by molar-refractivity contribution is 5.48. The number of para-hydroxylation sites is 1. The van der Waals surface area contributed by atoms with E-state index in [9.17, 15) is 0 Å². The molecule has 5 nitrogen and oxygen atoms in total. The van der Waals surface area contributed by atoms with Crippen LogP contribution < -0.4 is 4.90 Å². The third-order valence-corrected chi connectivity index (χ3v) is 5.78. The first kappa shape index (κ1) is 20.6. The van der Waals surface area contributed by atoms with Gasteiger partial charge in [0.05, 0.1) is 18.6 Å². The van der Waals surface area contributed by atoms with Gasteiger partial charge in [0.15, 0.2) is 0 Å². The molecule has 1 aliphatic rings. The molecule has 0 aliphatic carbocycles. The average molecular weight is 406 g/mol. The van der Waals surface area contributed by atoms with E-state index in [0.717, 1.165) is 18.7 Å². The molecule has 0 spiro atoms. The molecule has 3 atom stereocenters. The Balaban J connectivity index is 1.56. The van der Waals surface area contributed by atoms with Gasteiger partial charge in [-0.2, -0.15) is 0 Å². The molecule has 3 aromatic rings. The Morgan fingerprint density at radius 2 is 1.73 bits per heavy atom. The van der Waals surface area contributed by atoms with Crippen molar-refractivity contribution < 1.29 is 9.15 Å². The fourth-order valence-electron chi connectivity index (χ4n) is 4.16. The van der Waals surface area contributed by atoms with Gasteiger partial charge in [-0.15, -0.1) is 10.2 Å². The molecular formula is C25H31N3O2. The van der Waals surface area contributed by atoms with Crippen LogP contribution in [-0.4, -0.2) is 29.5 Å². The Morgan fingerprint density at radius 3 is 2.43 bits per heavy atom. The highest BCUT2D eigenvalue weighted by Gasteiger charge is 2.35. The van der Waals surface area contributed by atoms with Crippen molar-refractivity contribution in [1.29, 1.82) is 0 Å². The standard InChI is InChI=1S/C25H31N3O2/c1-17(2)16-20-10-12-21(13-11-20)18(3)24-26-27-25(30-24)23-19(4)29-15-14-28(23)22-8-6-5-7-9-22/h5-13,17-19,23H,14-16H2,1-4H3. The predicted molar refractivity (Wildman–Crippen MR) is 119 cm³/mol. The van der Waals surface area contributed by atoms with Crippen LogP contribution in [0, 0.1) is 5.92 Å². The number of morpholine rings is 1. The van der Waals surface area contributed by atoms with E-state index in [1.54, 1.807) is 0 Å². The van der Waals surface area contributed by atoms with E-state index < -0.39 is 0 Å². The lowest BCUT2D eigenvalue weighted by atomic mass is 9.97. The van der Waals surface area contributed by atoms with Crippen LogP contribution in [0.25, 0.3) is 0 Å². The molecular weight excluding hydrogens is 374 g/mol. The SMILES string of the molecule is CC(C)Cc1ccc(C(C)c2nnc(C3C(C)OCCN3c3ccccc3)o2)cc1. The lowest BCUT2D eigenvalue weighted by Crippen LogP contribution is -2.44. The summed E-state index contributed by atoms with van der Waals surface area (Å²) in [6, 6.07) is 19.0. The molecule has 0 N–H and O–H groups in total. The Morgan fingerprint density at radius 1 is 1.00 bits per heavy atom. The molecule has 1 fully saturated rings. The van der Waals surface area contributed by atoms with Crippen molar-refractivity contribution in [2.24, 2.45) is 5.92 Å². The van der Waals surface area contributed by atoms with Gasteiger partial charge in [-0.3, -0.25) is 0 Å². The Bertz CT molecular complexity index is 937. The first-order valence-electron chi connectivity index (χ1n) is 10.9. The lowest BCUT2D eigenvalue weighted by Gasteiger charge is -2.39. The quantitative estimate of drug-likeness (QED) is 0.551. The van der Waals surface area contributed by atoms with Gasteiger partial charge in [0.2, 0.25) is 11.8 Å². The number of hydrogen-bond acceptors (Lipinski definition) is 5. The maximum Gasteiger partial charge on any atom is 0.241 e. The molecule has 2 aromatic carbocycles. The second-order valence-corrected chi connectivity index (χ2v) is 8.59. The highest BCUT2D eigenvalue weighted by atomic mass is 16.5. The molecule has 0 amide bonds. The Kier molecular flexibility index (Phi) is 6.18. The van der Waals surface area contributed by atoms with E-state index in [1.807, 2.05) is 6.07 Å². The van der Waals surface area contributed by atoms with Crippen LogP contribution >= 0.6 is 0 Å². The van der Waals surface area contributed by atoms with Crippen molar-refractivity contribution in [2.75, 3.05) is 18.1 Å². The van der Waals surface area contributed by atoms with Crippen LogP contribution in [0.1, 0.15) is 62.6 Å². The monoisotopic (exact) mass is 405 g/mol. The fraction of sp³-hybridized carbons (Fsp3) is 0.440. The molecule has 0 radical (unpaired) electrons.